The second-order valence-electron chi connectivity index (χ2n) is 6.96. The van der Waals surface area contributed by atoms with Crippen molar-refractivity contribution in [3.63, 3.8) is 0 Å². The van der Waals surface area contributed by atoms with Gasteiger partial charge in [-0.2, -0.15) is 5.10 Å². The van der Waals surface area contributed by atoms with Crippen LogP contribution in [0.2, 0.25) is 0 Å². The Morgan fingerprint density at radius 3 is 3.00 bits per heavy atom. The molecule has 2 N–H and O–H groups in total. The number of likely N-dealkylation sites (tertiary alicyclic amines) is 1. The summed E-state index contributed by atoms with van der Waals surface area (Å²) in [6.07, 6.45) is 3.99. The number of nitrogens with zero attached hydrogens (tertiary/aromatic N) is 4. The summed E-state index contributed by atoms with van der Waals surface area (Å²) in [6, 6.07) is 2.15. The minimum absolute atomic E-state index is 0.110. The van der Waals surface area contributed by atoms with E-state index >= 15 is 0 Å². The first kappa shape index (κ1) is 17.5. The van der Waals surface area contributed by atoms with Crippen LogP contribution >= 0.6 is 0 Å². The number of H-pyrrole nitrogens is 1. The van der Waals surface area contributed by atoms with Crippen molar-refractivity contribution in [3.05, 3.63) is 35.0 Å². The van der Waals surface area contributed by atoms with Crippen molar-refractivity contribution in [2.45, 2.75) is 46.6 Å². The Morgan fingerprint density at radius 2 is 2.28 bits per heavy atom. The SMILES string of the molecule is CC(=O)Nc1cc([C@H](C)N2CC[C@H](Cc3ncc(C)nc3C)C2)[nH]n1. The number of hydrogen-bond donors (Lipinski definition) is 2. The largest absolute Gasteiger partial charge is 0.309 e. The summed E-state index contributed by atoms with van der Waals surface area (Å²) in [5.41, 5.74) is 4.15. The van der Waals surface area contributed by atoms with Gasteiger partial charge in [-0.1, -0.05) is 0 Å². The van der Waals surface area contributed by atoms with Gasteiger partial charge in [0.25, 0.3) is 0 Å². The number of aromatic amines is 1. The van der Waals surface area contributed by atoms with E-state index in [1.807, 2.05) is 26.1 Å². The van der Waals surface area contributed by atoms with Gasteiger partial charge in [-0.3, -0.25) is 24.8 Å². The van der Waals surface area contributed by atoms with Gasteiger partial charge in [0.1, 0.15) is 0 Å². The summed E-state index contributed by atoms with van der Waals surface area (Å²) in [7, 11) is 0. The molecule has 1 aliphatic heterocycles. The highest BCUT2D eigenvalue weighted by Crippen LogP contribution is 2.29. The third-order valence-corrected chi connectivity index (χ3v) is 4.87. The van der Waals surface area contributed by atoms with E-state index < -0.39 is 0 Å². The molecule has 3 heterocycles. The van der Waals surface area contributed by atoms with Crippen molar-refractivity contribution in [3.8, 4) is 0 Å². The molecule has 0 saturated carbocycles. The summed E-state index contributed by atoms with van der Waals surface area (Å²) in [5.74, 6) is 1.06. The molecule has 134 valence electrons. The molecule has 2 atom stereocenters. The normalized spacial score (nSPS) is 19.1. The van der Waals surface area contributed by atoms with Gasteiger partial charge in [-0.05, 0) is 46.1 Å². The maximum Gasteiger partial charge on any atom is 0.222 e. The Labute approximate surface area is 148 Å². The van der Waals surface area contributed by atoms with Crippen LogP contribution < -0.4 is 5.32 Å². The van der Waals surface area contributed by atoms with Crippen molar-refractivity contribution < 1.29 is 4.79 Å². The summed E-state index contributed by atoms with van der Waals surface area (Å²) < 4.78 is 0. The average Bonchev–Trinajstić information content (AvgIpc) is 3.18. The van der Waals surface area contributed by atoms with E-state index in [0.29, 0.717) is 11.7 Å². The molecular formula is C18H26N6O. The lowest BCUT2D eigenvalue weighted by Gasteiger charge is -2.23. The maximum atomic E-state index is 11.1. The molecule has 3 rings (SSSR count). The average molecular weight is 342 g/mol. The van der Waals surface area contributed by atoms with Gasteiger partial charge in [-0.25, -0.2) is 0 Å². The number of hydrogen-bond acceptors (Lipinski definition) is 5. The summed E-state index contributed by atoms with van der Waals surface area (Å²) in [5, 5.41) is 9.90. The van der Waals surface area contributed by atoms with E-state index in [-0.39, 0.29) is 11.9 Å². The topological polar surface area (TPSA) is 86.8 Å². The molecule has 7 nitrogen and oxygen atoms in total. The Bertz CT molecular complexity index is 756. The lowest BCUT2D eigenvalue weighted by atomic mass is 10.0. The minimum atomic E-state index is -0.110. The Balaban J connectivity index is 1.60. The molecule has 0 bridgehead atoms. The van der Waals surface area contributed by atoms with Crippen molar-refractivity contribution >= 4 is 11.7 Å². The predicted octanol–water partition coefficient (Wildman–Crippen LogP) is 2.40. The van der Waals surface area contributed by atoms with Crippen LogP contribution in [0.3, 0.4) is 0 Å². The lowest BCUT2D eigenvalue weighted by molar-refractivity contribution is -0.114. The number of aromatic nitrogens is 4. The molecule has 0 unspecified atom stereocenters. The van der Waals surface area contributed by atoms with Gasteiger partial charge < -0.3 is 5.32 Å². The Hall–Kier alpha value is -2.28. The van der Waals surface area contributed by atoms with Gasteiger partial charge in [0.2, 0.25) is 5.91 Å². The fraction of sp³-hybridized carbons (Fsp3) is 0.556. The molecule has 2 aromatic heterocycles. The zero-order valence-electron chi connectivity index (χ0n) is 15.3. The first-order chi connectivity index (χ1) is 11.9. The fourth-order valence-corrected chi connectivity index (χ4v) is 3.47. The Morgan fingerprint density at radius 1 is 1.48 bits per heavy atom. The highest BCUT2D eigenvalue weighted by Gasteiger charge is 2.28. The van der Waals surface area contributed by atoms with Crippen LogP contribution in [-0.2, 0) is 11.2 Å². The summed E-state index contributed by atoms with van der Waals surface area (Å²) >= 11 is 0. The zero-order valence-corrected chi connectivity index (χ0v) is 15.3. The van der Waals surface area contributed by atoms with Crippen molar-refractivity contribution in [2.75, 3.05) is 18.4 Å². The number of nitrogens with one attached hydrogen (secondary N) is 2. The van der Waals surface area contributed by atoms with Gasteiger partial charge in [-0.15, -0.1) is 0 Å². The lowest BCUT2D eigenvalue weighted by Crippen LogP contribution is -2.25. The molecule has 1 saturated heterocycles. The molecule has 1 amide bonds. The van der Waals surface area contributed by atoms with Gasteiger partial charge in [0, 0.05) is 31.8 Å². The number of aryl methyl sites for hydroxylation is 2. The van der Waals surface area contributed by atoms with Gasteiger partial charge in [0.15, 0.2) is 5.82 Å². The van der Waals surface area contributed by atoms with E-state index in [2.05, 4.69) is 37.3 Å². The molecule has 25 heavy (non-hydrogen) atoms. The number of rotatable bonds is 5. The summed E-state index contributed by atoms with van der Waals surface area (Å²) in [4.78, 5) is 22.7. The molecule has 0 aliphatic carbocycles. The van der Waals surface area contributed by atoms with Gasteiger partial charge >= 0.3 is 0 Å². The molecule has 7 heteroatoms. The molecule has 2 aromatic rings. The summed E-state index contributed by atoms with van der Waals surface area (Å²) in [6.45, 7) is 9.76. The smallest absolute Gasteiger partial charge is 0.222 e. The second kappa shape index (κ2) is 7.31. The zero-order chi connectivity index (χ0) is 18.0. The monoisotopic (exact) mass is 342 g/mol. The van der Waals surface area contributed by atoms with Crippen LogP contribution in [0.15, 0.2) is 12.3 Å². The first-order valence-corrected chi connectivity index (χ1v) is 8.78. The van der Waals surface area contributed by atoms with Crippen molar-refractivity contribution in [1.82, 2.24) is 25.1 Å². The van der Waals surface area contributed by atoms with Crippen LogP contribution in [0.25, 0.3) is 0 Å². The maximum absolute atomic E-state index is 11.1. The first-order valence-electron chi connectivity index (χ1n) is 8.78. The molecule has 0 aromatic carbocycles. The second-order valence-corrected chi connectivity index (χ2v) is 6.96. The van der Waals surface area contributed by atoms with Gasteiger partial charge in [0.05, 0.1) is 22.8 Å². The highest BCUT2D eigenvalue weighted by molar-refractivity contribution is 5.87. The standard InChI is InChI=1S/C18H26N6O/c1-11-9-19-16(12(2)20-11)7-15-5-6-24(10-15)13(3)17-8-18(23-22-17)21-14(4)25/h8-9,13,15H,5-7,10H2,1-4H3,(H2,21,22,23,25)/t13-,15+/m0/s1. The van der Waals surface area contributed by atoms with E-state index in [1.54, 1.807) is 0 Å². The number of anilines is 1. The van der Waals surface area contributed by atoms with E-state index in [0.717, 1.165) is 48.7 Å². The number of carbonyl (C=O) groups excluding carboxylic acids is 1. The van der Waals surface area contributed by atoms with Crippen molar-refractivity contribution in [2.24, 2.45) is 5.92 Å². The van der Waals surface area contributed by atoms with E-state index in [1.165, 1.54) is 6.92 Å². The molecular weight excluding hydrogens is 316 g/mol. The van der Waals surface area contributed by atoms with Crippen molar-refractivity contribution in [1.29, 1.82) is 0 Å². The quantitative estimate of drug-likeness (QED) is 0.871. The van der Waals surface area contributed by atoms with Crippen LogP contribution in [0.5, 0.6) is 0 Å². The third kappa shape index (κ3) is 4.22. The molecule has 0 spiro atoms. The van der Waals surface area contributed by atoms with Crippen LogP contribution in [0.4, 0.5) is 5.82 Å². The number of amides is 1. The molecule has 1 fully saturated rings. The fourth-order valence-electron chi connectivity index (χ4n) is 3.47. The van der Waals surface area contributed by atoms with Crippen LogP contribution in [0, 0.1) is 19.8 Å². The van der Waals surface area contributed by atoms with Crippen LogP contribution in [-0.4, -0.2) is 44.1 Å². The highest BCUT2D eigenvalue weighted by atomic mass is 16.1. The van der Waals surface area contributed by atoms with E-state index in [9.17, 15) is 4.79 Å². The molecule has 0 radical (unpaired) electrons. The third-order valence-electron chi connectivity index (χ3n) is 4.87. The Kier molecular flexibility index (Phi) is 5.13. The van der Waals surface area contributed by atoms with E-state index in [4.69, 9.17) is 0 Å². The molecule has 1 aliphatic rings. The predicted molar refractivity (Wildman–Crippen MR) is 96.2 cm³/mol. The minimum Gasteiger partial charge on any atom is -0.309 e. The van der Waals surface area contributed by atoms with Crippen LogP contribution in [0.1, 0.15) is 49.1 Å². The number of carbonyl (C=O) groups is 1.